The molecule has 5 nitrogen and oxygen atoms in total. The van der Waals surface area contributed by atoms with Crippen LogP contribution >= 0.6 is 0 Å². The van der Waals surface area contributed by atoms with E-state index in [9.17, 15) is 10.1 Å². The van der Waals surface area contributed by atoms with E-state index < -0.39 is 0 Å². The maximum atomic E-state index is 10.7. The van der Waals surface area contributed by atoms with E-state index in [-0.39, 0.29) is 10.6 Å². The SMILES string of the molecule is CN1CCC(CNCc2cccc([N+](=O)[O-])c2)CC1. The third kappa shape index (κ3) is 4.29. The largest absolute Gasteiger partial charge is 0.312 e. The zero-order valence-electron chi connectivity index (χ0n) is 11.3. The van der Waals surface area contributed by atoms with E-state index in [1.54, 1.807) is 12.1 Å². The Bertz CT molecular complexity index is 428. The van der Waals surface area contributed by atoms with Crippen LogP contribution in [0.4, 0.5) is 5.69 Å². The number of rotatable bonds is 5. The minimum atomic E-state index is -0.347. The van der Waals surface area contributed by atoms with Gasteiger partial charge in [0, 0.05) is 18.7 Å². The molecule has 0 amide bonds. The predicted molar refractivity (Wildman–Crippen MR) is 75.0 cm³/mol. The Morgan fingerprint density at radius 2 is 2.16 bits per heavy atom. The van der Waals surface area contributed by atoms with Crippen molar-refractivity contribution < 1.29 is 4.92 Å². The number of nitrogens with one attached hydrogen (secondary N) is 1. The second kappa shape index (κ2) is 6.63. The second-order valence-corrected chi connectivity index (χ2v) is 5.30. The summed E-state index contributed by atoms with van der Waals surface area (Å²) < 4.78 is 0. The van der Waals surface area contributed by atoms with Crippen molar-refractivity contribution in [2.24, 2.45) is 5.92 Å². The average Bonchev–Trinajstić information content (AvgIpc) is 2.41. The molecule has 1 aliphatic rings. The van der Waals surface area contributed by atoms with Crippen molar-refractivity contribution in [1.29, 1.82) is 0 Å². The number of hydrogen-bond acceptors (Lipinski definition) is 4. The molecule has 0 radical (unpaired) electrons. The monoisotopic (exact) mass is 263 g/mol. The van der Waals surface area contributed by atoms with Gasteiger partial charge >= 0.3 is 0 Å². The van der Waals surface area contributed by atoms with E-state index >= 15 is 0 Å². The zero-order chi connectivity index (χ0) is 13.7. The minimum Gasteiger partial charge on any atom is -0.312 e. The average molecular weight is 263 g/mol. The first kappa shape index (κ1) is 14.0. The molecule has 1 fully saturated rings. The maximum Gasteiger partial charge on any atom is 0.269 e. The molecular weight excluding hydrogens is 242 g/mol. The summed E-state index contributed by atoms with van der Waals surface area (Å²) in [6, 6.07) is 6.83. The minimum absolute atomic E-state index is 0.165. The highest BCUT2D eigenvalue weighted by Crippen LogP contribution is 2.16. The first-order valence-electron chi connectivity index (χ1n) is 6.78. The molecule has 0 spiro atoms. The van der Waals surface area contributed by atoms with Gasteiger partial charge in [0.05, 0.1) is 4.92 Å². The van der Waals surface area contributed by atoms with Gasteiger partial charge in [-0.3, -0.25) is 10.1 Å². The number of benzene rings is 1. The lowest BCUT2D eigenvalue weighted by atomic mass is 9.97. The standard InChI is InChI=1S/C14H21N3O2/c1-16-7-5-12(6-8-16)10-15-11-13-3-2-4-14(9-13)17(18)19/h2-4,9,12,15H,5-8,10-11H2,1H3. The van der Waals surface area contributed by atoms with Gasteiger partial charge in [-0.2, -0.15) is 0 Å². The van der Waals surface area contributed by atoms with Crippen molar-refractivity contribution in [1.82, 2.24) is 10.2 Å². The fourth-order valence-corrected chi connectivity index (χ4v) is 2.47. The van der Waals surface area contributed by atoms with Gasteiger partial charge in [0.25, 0.3) is 5.69 Å². The molecule has 1 N–H and O–H groups in total. The van der Waals surface area contributed by atoms with Crippen molar-refractivity contribution >= 4 is 5.69 Å². The number of hydrogen-bond donors (Lipinski definition) is 1. The molecule has 104 valence electrons. The van der Waals surface area contributed by atoms with Crippen LogP contribution in [-0.2, 0) is 6.54 Å². The highest BCUT2D eigenvalue weighted by Gasteiger charge is 2.16. The summed E-state index contributed by atoms with van der Waals surface area (Å²) >= 11 is 0. The molecule has 5 heteroatoms. The molecule has 1 aromatic rings. The Hall–Kier alpha value is -1.46. The Balaban J connectivity index is 1.76. The van der Waals surface area contributed by atoms with Crippen molar-refractivity contribution in [3.05, 3.63) is 39.9 Å². The van der Waals surface area contributed by atoms with Gasteiger partial charge in [-0.1, -0.05) is 12.1 Å². The van der Waals surface area contributed by atoms with Crippen LogP contribution in [0.3, 0.4) is 0 Å². The molecule has 0 bridgehead atoms. The fourth-order valence-electron chi connectivity index (χ4n) is 2.47. The number of nitro benzene ring substituents is 1. The molecule has 0 aliphatic carbocycles. The number of nitrogens with zero attached hydrogens (tertiary/aromatic N) is 2. The van der Waals surface area contributed by atoms with Crippen molar-refractivity contribution in [2.75, 3.05) is 26.7 Å². The van der Waals surface area contributed by atoms with Gasteiger partial charge in [-0.15, -0.1) is 0 Å². The van der Waals surface area contributed by atoms with Crippen LogP contribution in [0.15, 0.2) is 24.3 Å². The van der Waals surface area contributed by atoms with E-state index in [2.05, 4.69) is 17.3 Å². The van der Waals surface area contributed by atoms with Gasteiger partial charge in [-0.25, -0.2) is 0 Å². The van der Waals surface area contributed by atoms with Crippen LogP contribution in [0.1, 0.15) is 18.4 Å². The summed E-state index contributed by atoms with van der Waals surface area (Å²) in [7, 11) is 2.16. The highest BCUT2D eigenvalue weighted by molar-refractivity contribution is 5.34. The highest BCUT2D eigenvalue weighted by atomic mass is 16.6. The number of non-ortho nitro benzene ring substituents is 1. The molecule has 1 aromatic carbocycles. The molecule has 0 aromatic heterocycles. The van der Waals surface area contributed by atoms with Crippen molar-refractivity contribution in [2.45, 2.75) is 19.4 Å². The van der Waals surface area contributed by atoms with Gasteiger partial charge in [0.15, 0.2) is 0 Å². The zero-order valence-corrected chi connectivity index (χ0v) is 11.3. The Labute approximate surface area is 113 Å². The summed E-state index contributed by atoms with van der Waals surface area (Å²) in [6.45, 7) is 4.04. The van der Waals surface area contributed by atoms with E-state index in [1.807, 2.05) is 6.07 Å². The van der Waals surface area contributed by atoms with Gasteiger partial charge < -0.3 is 10.2 Å². The summed E-state index contributed by atoms with van der Waals surface area (Å²) in [5, 5.41) is 14.1. The molecule has 19 heavy (non-hydrogen) atoms. The van der Waals surface area contributed by atoms with E-state index in [1.165, 1.54) is 32.0 Å². The van der Waals surface area contributed by atoms with Crippen LogP contribution in [0.5, 0.6) is 0 Å². The number of piperidine rings is 1. The third-order valence-corrected chi connectivity index (χ3v) is 3.72. The van der Waals surface area contributed by atoms with Crippen molar-refractivity contribution in [3.63, 3.8) is 0 Å². The smallest absolute Gasteiger partial charge is 0.269 e. The molecular formula is C14H21N3O2. The molecule has 1 saturated heterocycles. The van der Waals surface area contributed by atoms with Crippen LogP contribution in [0.2, 0.25) is 0 Å². The van der Waals surface area contributed by atoms with Crippen LogP contribution in [-0.4, -0.2) is 36.5 Å². The Kier molecular flexibility index (Phi) is 4.87. The lowest BCUT2D eigenvalue weighted by Gasteiger charge is -2.29. The Morgan fingerprint density at radius 1 is 1.42 bits per heavy atom. The quantitative estimate of drug-likeness (QED) is 0.652. The fraction of sp³-hybridized carbons (Fsp3) is 0.571. The van der Waals surface area contributed by atoms with Gasteiger partial charge in [0.2, 0.25) is 0 Å². The van der Waals surface area contributed by atoms with Gasteiger partial charge in [0.1, 0.15) is 0 Å². The maximum absolute atomic E-state index is 10.7. The lowest BCUT2D eigenvalue weighted by Crippen LogP contribution is -2.34. The van der Waals surface area contributed by atoms with E-state index in [4.69, 9.17) is 0 Å². The van der Waals surface area contributed by atoms with E-state index in [0.29, 0.717) is 6.54 Å². The molecule has 2 rings (SSSR count). The predicted octanol–water partition coefficient (Wildman–Crippen LogP) is 2.03. The summed E-state index contributed by atoms with van der Waals surface area (Å²) in [5.74, 6) is 0.731. The molecule has 0 saturated carbocycles. The third-order valence-electron chi connectivity index (χ3n) is 3.72. The molecule has 0 unspecified atom stereocenters. The summed E-state index contributed by atoms with van der Waals surface area (Å²) in [4.78, 5) is 12.7. The molecule has 0 atom stereocenters. The normalized spacial score (nSPS) is 17.5. The molecule has 1 heterocycles. The lowest BCUT2D eigenvalue weighted by molar-refractivity contribution is -0.384. The summed E-state index contributed by atoms with van der Waals surface area (Å²) in [6.07, 6.45) is 2.47. The molecule has 1 aliphatic heterocycles. The van der Waals surface area contributed by atoms with Crippen LogP contribution in [0, 0.1) is 16.0 Å². The van der Waals surface area contributed by atoms with Crippen LogP contribution < -0.4 is 5.32 Å². The topological polar surface area (TPSA) is 58.4 Å². The van der Waals surface area contributed by atoms with E-state index in [0.717, 1.165) is 18.0 Å². The Morgan fingerprint density at radius 3 is 2.84 bits per heavy atom. The summed E-state index contributed by atoms with van der Waals surface area (Å²) in [5.41, 5.74) is 1.14. The number of likely N-dealkylation sites (tertiary alicyclic amines) is 1. The first-order valence-corrected chi connectivity index (χ1v) is 6.78. The number of nitro groups is 1. The van der Waals surface area contributed by atoms with Crippen LogP contribution in [0.25, 0.3) is 0 Å². The first-order chi connectivity index (χ1) is 9.15. The van der Waals surface area contributed by atoms with Crippen molar-refractivity contribution in [3.8, 4) is 0 Å². The van der Waals surface area contributed by atoms with Gasteiger partial charge in [-0.05, 0) is 51.0 Å². The second-order valence-electron chi connectivity index (χ2n) is 5.30.